The fraction of sp³-hybridized carbons (Fsp3) is 0.462. The zero-order valence-electron chi connectivity index (χ0n) is 10.7. The summed E-state index contributed by atoms with van der Waals surface area (Å²) in [4.78, 5) is 6.07. The second-order valence-corrected chi connectivity index (χ2v) is 3.86. The van der Waals surface area contributed by atoms with E-state index in [0.717, 1.165) is 17.8 Å². The maximum atomic E-state index is 8.71. The van der Waals surface area contributed by atoms with Gasteiger partial charge in [0, 0.05) is 6.04 Å². The molecular weight excluding hydrogens is 226 g/mol. The monoisotopic (exact) mass is 243 g/mol. The molecule has 1 aromatic rings. The first-order chi connectivity index (χ1) is 8.76. The number of nitriles is 2. The number of aromatic nitrogens is 1. The molecule has 0 radical (unpaired) electrons. The van der Waals surface area contributed by atoms with E-state index in [1.165, 1.54) is 0 Å². The van der Waals surface area contributed by atoms with Crippen LogP contribution in [-0.4, -0.2) is 25.1 Å². The van der Waals surface area contributed by atoms with E-state index < -0.39 is 0 Å². The van der Waals surface area contributed by atoms with Crippen LogP contribution >= 0.6 is 0 Å². The van der Waals surface area contributed by atoms with Crippen LogP contribution in [0.1, 0.15) is 25.1 Å². The van der Waals surface area contributed by atoms with Crippen molar-refractivity contribution in [1.29, 1.82) is 10.5 Å². The number of nitrogens with zero attached hydrogens (tertiary/aromatic N) is 4. The summed E-state index contributed by atoms with van der Waals surface area (Å²) >= 11 is 0. The molecule has 1 rings (SSSR count). The van der Waals surface area contributed by atoms with E-state index in [0.29, 0.717) is 0 Å². The lowest BCUT2D eigenvalue weighted by molar-refractivity contribution is 0.561. The van der Waals surface area contributed by atoms with Crippen molar-refractivity contribution >= 4 is 5.69 Å². The predicted octanol–water partition coefficient (Wildman–Crippen LogP) is 1.61. The van der Waals surface area contributed by atoms with Gasteiger partial charge in [0.05, 0.1) is 29.7 Å². The molecule has 0 saturated heterocycles. The Morgan fingerprint density at radius 1 is 1.33 bits per heavy atom. The molecular formula is C13H17N5. The Balaban J connectivity index is 2.87. The Morgan fingerprint density at radius 3 is 2.39 bits per heavy atom. The minimum absolute atomic E-state index is 0.192. The van der Waals surface area contributed by atoms with E-state index in [4.69, 9.17) is 10.5 Å². The summed E-state index contributed by atoms with van der Waals surface area (Å²) in [6.07, 6.45) is 2.67. The van der Waals surface area contributed by atoms with Gasteiger partial charge in [0.2, 0.25) is 0 Å². The number of nitrogens with one attached hydrogen (secondary N) is 1. The predicted molar refractivity (Wildman–Crippen MR) is 69.8 cm³/mol. The van der Waals surface area contributed by atoms with Crippen molar-refractivity contribution in [2.75, 3.05) is 25.0 Å². The summed E-state index contributed by atoms with van der Waals surface area (Å²) in [5.41, 5.74) is 1.77. The molecule has 0 saturated carbocycles. The molecule has 5 nitrogen and oxygen atoms in total. The van der Waals surface area contributed by atoms with Crippen LogP contribution in [0.25, 0.3) is 0 Å². The van der Waals surface area contributed by atoms with Crippen LogP contribution in [0.3, 0.4) is 0 Å². The fourth-order valence-electron chi connectivity index (χ4n) is 1.76. The van der Waals surface area contributed by atoms with Gasteiger partial charge in [0.25, 0.3) is 0 Å². The molecule has 94 valence electrons. The van der Waals surface area contributed by atoms with Crippen molar-refractivity contribution < 1.29 is 0 Å². The summed E-state index contributed by atoms with van der Waals surface area (Å²) < 4.78 is 0. The number of hydrogen-bond donors (Lipinski definition) is 1. The van der Waals surface area contributed by atoms with E-state index in [1.807, 2.05) is 31.3 Å². The summed E-state index contributed by atoms with van der Waals surface area (Å²) in [6, 6.07) is 8.16. The first kappa shape index (κ1) is 14.0. The number of rotatable bonds is 6. The molecule has 0 aliphatic carbocycles. The first-order valence-corrected chi connectivity index (χ1v) is 5.88. The molecule has 0 aromatic carbocycles. The van der Waals surface area contributed by atoms with Gasteiger partial charge in [-0.15, -0.1) is 0 Å². The van der Waals surface area contributed by atoms with E-state index in [-0.39, 0.29) is 19.1 Å². The quantitative estimate of drug-likeness (QED) is 0.768. The van der Waals surface area contributed by atoms with Gasteiger partial charge in [-0.2, -0.15) is 10.5 Å². The molecule has 1 atom stereocenters. The lowest BCUT2D eigenvalue weighted by atomic mass is 10.1. The third-order valence-electron chi connectivity index (χ3n) is 2.77. The van der Waals surface area contributed by atoms with Crippen molar-refractivity contribution in [3.8, 4) is 12.1 Å². The van der Waals surface area contributed by atoms with Crippen LogP contribution in [-0.2, 0) is 0 Å². The van der Waals surface area contributed by atoms with Crippen molar-refractivity contribution in [1.82, 2.24) is 10.3 Å². The minimum Gasteiger partial charge on any atom is -0.344 e. The molecule has 1 unspecified atom stereocenters. The molecule has 5 heteroatoms. The molecule has 18 heavy (non-hydrogen) atoms. The molecule has 0 aliphatic heterocycles. The van der Waals surface area contributed by atoms with Gasteiger partial charge in [0.15, 0.2) is 0 Å². The highest BCUT2D eigenvalue weighted by atomic mass is 15.1. The van der Waals surface area contributed by atoms with Crippen molar-refractivity contribution in [3.05, 3.63) is 24.0 Å². The largest absolute Gasteiger partial charge is 0.344 e. The third kappa shape index (κ3) is 3.44. The number of pyridine rings is 1. The Bertz CT molecular complexity index is 420. The first-order valence-electron chi connectivity index (χ1n) is 5.88. The molecule has 1 N–H and O–H groups in total. The Morgan fingerprint density at radius 2 is 2.00 bits per heavy atom. The second kappa shape index (κ2) is 7.26. The van der Waals surface area contributed by atoms with Crippen LogP contribution in [0.15, 0.2) is 18.3 Å². The summed E-state index contributed by atoms with van der Waals surface area (Å²) in [5, 5.41) is 20.6. The molecule has 0 aliphatic rings. The molecule has 0 fully saturated rings. The van der Waals surface area contributed by atoms with Gasteiger partial charge in [-0.05, 0) is 25.6 Å². The maximum absolute atomic E-state index is 8.71. The zero-order chi connectivity index (χ0) is 13.4. The standard InChI is InChI=1S/C13H17N5/c1-3-12(16-2)13-5-4-11(10-17-13)18(8-6-14)9-7-15/h4-5,10,12,16H,3,8-9H2,1-2H3. The van der Waals surface area contributed by atoms with Gasteiger partial charge in [0.1, 0.15) is 13.1 Å². The highest BCUT2D eigenvalue weighted by molar-refractivity contribution is 5.46. The van der Waals surface area contributed by atoms with Crippen molar-refractivity contribution in [2.24, 2.45) is 0 Å². The Hall–Kier alpha value is -2.11. The number of anilines is 1. The lowest BCUT2D eigenvalue weighted by Gasteiger charge is -2.19. The van der Waals surface area contributed by atoms with Crippen LogP contribution in [0.5, 0.6) is 0 Å². The molecule has 0 amide bonds. The van der Waals surface area contributed by atoms with Crippen LogP contribution in [0.2, 0.25) is 0 Å². The van der Waals surface area contributed by atoms with Gasteiger partial charge < -0.3 is 10.2 Å². The van der Waals surface area contributed by atoms with E-state index in [2.05, 4.69) is 17.2 Å². The second-order valence-electron chi connectivity index (χ2n) is 3.86. The van der Waals surface area contributed by atoms with Crippen LogP contribution in [0, 0.1) is 22.7 Å². The normalized spacial score (nSPS) is 11.3. The van der Waals surface area contributed by atoms with Gasteiger partial charge in [-0.3, -0.25) is 4.98 Å². The highest BCUT2D eigenvalue weighted by Crippen LogP contribution is 2.17. The average molecular weight is 243 g/mol. The van der Waals surface area contributed by atoms with Gasteiger partial charge in [-0.25, -0.2) is 0 Å². The zero-order valence-corrected chi connectivity index (χ0v) is 10.7. The van der Waals surface area contributed by atoms with Crippen LogP contribution < -0.4 is 10.2 Å². The molecule has 1 aromatic heterocycles. The van der Waals surface area contributed by atoms with Gasteiger partial charge in [-0.1, -0.05) is 6.92 Å². The van der Waals surface area contributed by atoms with Crippen LogP contribution in [0.4, 0.5) is 5.69 Å². The lowest BCUT2D eigenvalue weighted by Crippen LogP contribution is -2.24. The van der Waals surface area contributed by atoms with Crippen molar-refractivity contribution in [3.63, 3.8) is 0 Å². The maximum Gasteiger partial charge on any atom is 0.107 e. The highest BCUT2D eigenvalue weighted by Gasteiger charge is 2.10. The minimum atomic E-state index is 0.192. The summed E-state index contributed by atoms with van der Waals surface area (Å²) in [5.74, 6) is 0. The van der Waals surface area contributed by atoms with E-state index in [9.17, 15) is 0 Å². The summed E-state index contributed by atoms with van der Waals surface area (Å²) in [7, 11) is 1.90. The SMILES string of the molecule is CCC(NC)c1ccc(N(CC#N)CC#N)cn1. The van der Waals surface area contributed by atoms with E-state index >= 15 is 0 Å². The van der Waals surface area contributed by atoms with Gasteiger partial charge >= 0.3 is 0 Å². The fourth-order valence-corrected chi connectivity index (χ4v) is 1.76. The Kier molecular flexibility index (Phi) is 5.63. The smallest absolute Gasteiger partial charge is 0.107 e. The molecule has 0 bridgehead atoms. The van der Waals surface area contributed by atoms with Crippen molar-refractivity contribution in [2.45, 2.75) is 19.4 Å². The van der Waals surface area contributed by atoms with E-state index in [1.54, 1.807) is 11.1 Å². The topological polar surface area (TPSA) is 75.7 Å². The molecule has 0 spiro atoms. The number of hydrogen-bond acceptors (Lipinski definition) is 5. The average Bonchev–Trinajstić information content (AvgIpc) is 2.41. The Labute approximate surface area is 108 Å². The summed E-state index contributed by atoms with van der Waals surface area (Å²) in [6.45, 7) is 2.48. The third-order valence-corrected chi connectivity index (χ3v) is 2.77. The molecule has 1 heterocycles.